The molecule has 8 heteroatoms. The summed E-state index contributed by atoms with van der Waals surface area (Å²) in [4.78, 5) is 0.149. The van der Waals surface area contributed by atoms with E-state index in [-0.39, 0.29) is 17.2 Å². The molecule has 0 amide bonds. The number of hydrogen-bond acceptors (Lipinski definition) is 4. The molecular formula is C17H19F2NO4S. The Morgan fingerprint density at radius 3 is 2.08 bits per heavy atom. The molecule has 0 aliphatic rings. The Kier molecular flexibility index (Phi) is 6.33. The average molecular weight is 371 g/mol. The van der Waals surface area contributed by atoms with Crippen LogP contribution in [0.15, 0.2) is 53.4 Å². The third kappa shape index (κ3) is 5.14. The van der Waals surface area contributed by atoms with Gasteiger partial charge in [-0.2, -0.15) is 13.1 Å². The van der Waals surface area contributed by atoms with E-state index in [1.54, 1.807) is 24.3 Å². The predicted molar refractivity (Wildman–Crippen MR) is 89.3 cm³/mol. The van der Waals surface area contributed by atoms with Crippen LogP contribution < -0.4 is 9.47 Å². The third-order valence-electron chi connectivity index (χ3n) is 3.40. The number of rotatable bonds is 8. The number of ether oxygens (including phenoxy) is 2. The molecule has 0 radical (unpaired) electrons. The second-order valence-electron chi connectivity index (χ2n) is 5.19. The molecule has 25 heavy (non-hydrogen) atoms. The number of nitrogens with zero attached hydrogens (tertiary/aromatic N) is 1. The minimum Gasteiger partial charge on any atom is -0.494 e. The zero-order valence-corrected chi connectivity index (χ0v) is 14.7. The summed E-state index contributed by atoms with van der Waals surface area (Å²) in [5.74, 6) is 0.620. The van der Waals surface area contributed by atoms with E-state index >= 15 is 0 Å². The Bertz CT molecular complexity index is 777. The molecule has 0 aromatic heterocycles. The van der Waals surface area contributed by atoms with Crippen LogP contribution in [-0.4, -0.2) is 33.0 Å². The molecule has 0 aliphatic carbocycles. The number of halogens is 2. The van der Waals surface area contributed by atoms with Gasteiger partial charge in [0.1, 0.15) is 11.5 Å². The molecule has 5 nitrogen and oxygen atoms in total. The maximum atomic E-state index is 12.6. The first-order valence-electron chi connectivity index (χ1n) is 7.56. The van der Waals surface area contributed by atoms with Crippen LogP contribution in [0.25, 0.3) is 0 Å². The lowest BCUT2D eigenvalue weighted by Gasteiger charge is -2.18. The van der Waals surface area contributed by atoms with Gasteiger partial charge >= 0.3 is 6.61 Å². The van der Waals surface area contributed by atoms with E-state index in [4.69, 9.17) is 4.74 Å². The number of hydrogen-bond donors (Lipinski definition) is 0. The number of alkyl halides is 2. The van der Waals surface area contributed by atoms with E-state index in [0.29, 0.717) is 17.9 Å². The maximum absolute atomic E-state index is 12.6. The molecule has 136 valence electrons. The molecule has 0 unspecified atom stereocenters. The van der Waals surface area contributed by atoms with Crippen molar-refractivity contribution in [3.05, 3.63) is 54.1 Å². The normalized spacial score (nSPS) is 11.8. The lowest BCUT2D eigenvalue weighted by atomic mass is 10.2. The lowest BCUT2D eigenvalue weighted by Crippen LogP contribution is -2.26. The summed E-state index contributed by atoms with van der Waals surface area (Å²) in [6, 6.07) is 12.0. The van der Waals surface area contributed by atoms with Crippen LogP contribution in [0.2, 0.25) is 0 Å². The molecule has 0 atom stereocenters. The van der Waals surface area contributed by atoms with Crippen LogP contribution in [0, 0.1) is 0 Å². The van der Waals surface area contributed by atoms with Gasteiger partial charge in [-0.25, -0.2) is 8.42 Å². The molecule has 2 aromatic rings. The summed E-state index contributed by atoms with van der Waals surface area (Å²) in [5.41, 5.74) is 0.652. The van der Waals surface area contributed by atoms with Gasteiger partial charge in [-0.1, -0.05) is 12.1 Å². The second kappa shape index (κ2) is 8.26. The summed E-state index contributed by atoms with van der Waals surface area (Å²) in [7, 11) is -2.22. The highest BCUT2D eigenvalue weighted by molar-refractivity contribution is 7.89. The summed E-state index contributed by atoms with van der Waals surface area (Å²) >= 11 is 0. The van der Waals surface area contributed by atoms with Crippen LogP contribution in [0.5, 0.6) is 11.5 Å². The predicted octanol–water partition coefficient (Wildman–Crippen LogP) is 3.51. The van der Waals surface area contributed by atoms with Crippen LogP contribution in [0.1, 0.15) is 12.5 Å². The fourth-order valence-corrected chi connectivity index (χ4v) is 3.33. The van der Waals surface area contributed by atoms with Gasteiger partial charge in [0.2, 0.25) is 10.0 Å². The van der Waals surface area contributed by atoms with Crippen molar-refractivity contribution in [2.45, 2.75) is 25.0 Å². The first-order valence-corrected chi connectivity index (χ1v) is 9.00. The van der Waals surface area contributed by atoms with E-state index < -0.39 is 16.6 Å². The molecule has 0 fully saturated rings. The fourth-order valence-electron chi connectivity index (χ4n) is 2.17. The number of benzene rings is 2. The van der Waals surface area contributed by atoms with Crippen molar-refractivity contribution in [3.8, 4) is 11.5 Å². The molecule has 2 rings (SSSR count). The van der Waals surface area contributed by atoms with E-state index in [2.05, 4.69) is 4.74 Å². The van der Waals surface area contributed by atoms with Crippen molar-refractivity contribution >= 4 is 10.0 Å². The van der Waals surface area contributed by atoms with Crippen LogP contribution in [-0.2, 0) is 16.6 Å². The average Bonchev–Trinajstić information content (AvgIpc) is 2.57. The first-order chi connectivity index (χ1) is 11.8. The van der Waals surface area contributed by atoms with Gasteiger partial charge < -0.3 is 9.47 Å². The van der Waals surface area contributed by atoms with Crippen LogP contribution >= 0.6 is 0 Å². The Morgan fingerprint density at radius 1 is 1.00 bits per heavy atom. The smallest absolute Gasteiger partial charge is 0.387 e. The zero-order valence-electron chi connectivity index (χ0n) is 13.9. The zero-order chi connectivity index (χ0) is 18.4. The van der Waals surface area contributed by atoms with Gasteiger partial charge in [0, 0.05) is 13.6 Å². The van der Waals surface area contributed by atoms with Gasteiger partial charge in [-0.15, -0.1) is 0 Å². The summed E-state index contributed by atoms with van der Waals surface area (Å²) < 4.78 is 60.2. The highest BCUT2D eigenvalue weighted by Crippen LogP contribution is 2.21. The summed E-state index contributed by atoms with van der Waals surface area (Å²) in [5, 5.41) is 0. The highest BCUT2D eigenvalue weighted by Gasteiger charge is 2.21. The van der Waals surface area contributed by atoms with E-state index in [1.807, 2.05) is 6.92 Å². The standard InChI is InChI=1S/C17H19F2NO4S/c1-3-23-14-8-10-16(11-9-14)25(21,22)20(2)12-13-4-6-15(7-5-13)24-17(18)19/h4-11,17H,3,12H2,1-2H3. The molecule has 0 saturated carbocycles. The van der Waals surface area contributed by atoms with Gasteiger partial charge in [-0.3, -0.25) is 0 Å². The Hall–Kier alpha value is -2.19. The second-order valence-corrected chi connectivity index (χ2v) is 7.23. The first kappa shape index (κ1) is 19.1. The largest absolute Gasteiger partial charge is 0.494 e. The van der Waals surface area contributed by atoms with E-state index in [1.165, 1.54) is 35.6 Å². The highest BCUT2D eigenvalue weighted by atomic mass is 32.2. The van der Waals surface area contributed by atoms with Gasteiger partial charge in [0.25, 0.3) is 0 Å². The van der Waals surface area contributed by atoms with Crippen molar-refractivity contribution in [2.24, 2.45) is 0 Å². The quantitative estimate of drug-likeness (QED) is 0.713. The molecule has 2 aromatic carbocycles. The minimum atomic E-state index is -3.67. The summed E-state index contributed by atoms with van der Waals surface area (Å²) in [6.07, 6.45) is 0. The van der Waals surface area contributed by atoms with Gasteiger partial charge in [-0.05, 0) is 48.9 Å². The molecule has 0 bridgehead atoms. The van der Waals surface area contributed by atoms with Crippen molar-refractivity contribution in [1.29, 1.82) is 0 Å². The molecule has 0 heterocycles. The topological polar surface area (TPSA) is 55.8 Å². The van der Waals surface area contributed by atoms with Crippen molar-refractivity contribution < 1.29 is 26.7 Å². The van der Waals surface area contributed by atoms with Gasteiger partial charge in [0.15, 0.2) is 0 Å². The molecule has 0 N–H and O–H groups in total. The molecule has 0 saturated heterocycles. The SMILES string of the molecule is CCOc1ccc(S(=O)(=O)N(C)Cc2ccc(OC(F)F)cc2)cc1. The van der Waals surface area contributed by atoms with Gasteiger partial charge in [0.05, 0.1) is 11.5 Å². The summed E-state index contributed by atoms with van der Waals surface area (Å²) in [6.45, 7) is -0.453. The monoisotopic (exact) mass is 371 g/mol. The van der Waals surface area contributed by atoms with Crippen molar-refractivity contribution in [1.82, 2.24) is 4.31 Å². The Labute approximate surface area is 145 Å². The fraction of sp³-hybridized carbons (Fsp3) is 0.294. The van der Waals surface area contributed by atoms with Crippen LogP contribution in [0.4, 0.5) is 8.78 Å². The van der Waals surface area contributed by atoms with Crippen molar-refractivity contribution in [2.75, 3.05) is 13.7 Å². The third-order valence-corrected chi connectivity index (χ3v) is 5.21. The Morgan fingerprint density at radius 2 is 1.56 bits per heavy atom. The van der Waals surface area contributed by atoms with Crippen molar-refractivity contribution in [3.63, 3.8) is 0 Å². The maximum Gasteiger partial charge on any atom is 0.387 e. The molecule has 0 aliphatic heterocycles. The Balaban J connectivity index is 2.08. The lowest BCUT2D eigenvalue weighted by molar-refractivity contribution is -0.0498. The van der Waals surface area contributed by atoms with E-state index in [9.17, 15) is 17.2 Å². The molecular weight excluding hydrogens is 352 g/mol. The van der Waals surface area contributed by atoms with Crippen LogP contribution in [0.3, 0.4) is 0 Å². The number of sulfonamides is 1. The molecule has 0 spiro atoms. The van der Waals surface area contributed by atoms with E-state index in [0.717, 1.165) is 0 Å². The minimum absolute atomic E-state index is 0.0239.